The van der Waals surface area contributed by atoms with Gasteiger partial charge in [-0.15, -0.1) is 0 Å². The number of aryl methyl sites for hydroxylation is 2. The van der Waals surface area contributed by atoms with Gasteiger partial charge in [0.2, 0.25) is 0 Å². The molecule has 0 radical (unpaired) electrons. The van der Waals surface area contributed by atoms with Crippen molar-refractivity contribution in [3.63, 3.8) is 0 Å². The Bertz CT molecular complexity index is 905. The molecule has 0 saturated carbocycles. The van der Waals surface area contributed by atoms with Gasteiger partial charge in [-0.1, -0.05) is 50.6 Å². The Labute approximate surface area is 179 Å². The third-order valence-electron chi connectivity index (χ3n) is 5.60. The summed E-state index contributed by atoms with van der Waals surface area (Å²) in [6.45, 7) is 12.6. The maximum Gasteiger partial charge on any atom is 0.260 e. The highest BCUT2D eigenvalue weighted by Gasteiger charge is 2.25. The first-order chi connectivity index (χ1) is 14.1. The highest BCUT2D eigenvalue weighted by Crippen LogP contribution is 2.23. The van der Waals surface area contributed by atoms with E-state index >= 15 is 0 Å². The molecule has 0 bridgehead atoms. The minimum absolute atomic E-state index is 0.0200. The van der Waals surface area contributed by atoms with Crippen LogP contribution in [0.4, 0.5) is 0 Å². The summed E-state index contributed by atoms with van der Waals surface area (Å²) in [7, 11) is 0. The van der Waals surface area contributed by atoms with E-state index in [1.165, 1.54) is 11.1 Å². The number of hydrogen-bond acceptors (Lipinski definition) is 3. The number of piperazine rings is 1. The number of amides is 2. The molecule has 3 rings (SSSR count). The van der Waals surface area contributed by atoms with Crippen LogP contribution in [-0.4, -0.2) is 54.4 Å². The minimum Gasteiger partial charge on any atom is -0.484 e. The summed E-state index contributed by atoms with van der Waals surface area (Å²) < 4.78 is 5.72. The summed E-state index contributed by atoms with van der Waals surface area (Å²) in [6.07, 6.45) is 0. The van der Waals surface area contributed by atoms with Crippen LogP contribution < -0.4 is 4.74 Å². The van der Waals surface area contributed by atoms with Gasteiger partial charge in [-0.3, -0.25) is 9.59 Å². The van der Waals surface area contributed by atoms with Crippen molar-refractivity contribution in [2.24, 2.45) is 0 Å². The summed E-state index contributed by atoms with van der Waals surface area (Å²) in [4.78, 5) is 28.9. The lowest BCUT2D eigenvalue weighted by Gasteiger charge is -2.34. The summed E-state index contributed by atoms with van der Waals surface area (Å²) in [6, 6.07) is 13.8. The van der Waals surface area contributed by atoms with Gasteiger partial charge in [0.1, 0.15) is 5.75 Å². The molecular weight excluding hydrogens is 376 g/mol. The smallest absolute Gasteiger partial charge is 0.260 e. The fraction of sp³-hybridized carbons (Fsp3) is 0.440. The largest absolute Gasteiger partial charge is 0.484 e. The van der Waals surface area contributed by atoms with E-state index in [1.54, 1.807) is 4.90 Å². The SMILES string of the molecule is Cc1ccc(OCC(=O)N2CCN(C(=O)c3ccc(C(C)(C)C)cc3)CC2)c(C)c1. The number of ether oxygens (including phenoxy) is 1. The number of nitrogens with zero attached hydrogens (tertiary/aromatic N) is 2. The van der Waals surface area contributed by atoms with E-state index in [2.05, 4.69) is 20.8 Å². The zero-order valence-electron chi connectivity index (χ0n) is 18.7. The third kappa shape index (κ3) is 5.21. The van der Waals surface area contributed by atoms with Crippen LogP contribution in [0.2, 0.25) is 0 Å². The van der Waals surface area contributed by atoms with Crippen molar-refractivity contribution in [2.75, 3.05) is 32.8 Å². The van der Waals surface area contributed by atoms with Crippen LogP contribution >= 0.6 is 0 Å². The van der Waals surface area contributed by atoms with E-state index in [0.717, 1.165) is 11.3 Å². The Morgan fingerprint density at radius 2 is 1.50 bits per heavy atom. The van der Waals surface area contributed by atoms with Gasteiger partial charge in [0.15, 0.2) is 6.61 Å². The number of hydrogen-bond donors (Lipinski definition) is 0. The predicted molar refractivity (Wildman–Crippen MR) is 119 cm³/mol. The normalized spacial score (nSPS) is 14.6. The second kappa shape index (κ2) is 8.90. The lowest BCUT2D eigenvalue weighted by atomic mass is 9.86. The molecule has 1 aliphatic heterocycles. The standard InChI is InChI=1S/C25H32N2O3/c1-18-6-11-22(19(2)16-18)30-17-23(28)26-12-14-27(15-13-26)24(29)20-7-9-21(10-8-20)25(3,4)5/h6-11,16H,12-15,17H2,1-5H3. The van der Waals surface area contributed by atoms with Crippen LogP contribution in [0, 0.1) is 13.8 Å². The Morgan fingerprint density at radius 1 is 0.900 bits per heavy atom. The first kappa shape index (κ1) is 21.9. The second-order valence-corrected chi connectivity index (χ2v) is 9.06. The van der Waals surface area contributed by atoms with Crippen LogP contribution in [0.15, 0.2) is 42.5 Å². The van der Waals surface area contributed by atoms with Gasteiger partial charge >= 0.3 is 0 Å². The average Bonchev–Trinajstić information content (AvgIpc) is 2.72. The number of rotatable bonds is 4. The summed E-state index contributed by atoms with van der Waals surface area (Å²) >= 11 is 0. The maximum atomic E-state index is 12.8. The fourth-order valence-electron chi connectivity index (χ4n) is 3.65. The van der Waals surface area contributed by atoms with Crippen molar-refractivity contribution in [3.05, 3.63) is 64.7 Å². The molecule has 5 heteroatoms. The lowest BCUT2D eigenvalue weighted by molar-refractivity contribution is -0.134. The van der Waals surface area contributed by atoms with Gasteiger partial charge in [0.05, 0.1) is 0 Å². The van der Waals surface area contributed by atoms with Gasteiger partial charge in [-0.2, -0.15) is 0 Å². The third-order valence-corrected chi connectivity index (χ3v) is 5.60. The molecule has 1 heterocycles. The molecular formula is C25H32N2O3. The molecule has 0 aliphatic carbocycles. The fourth-order valence-corrected chi connectivity index (χ4v) is 3.65. The van der Waals surface area contributed by atoms with E-state index in [4.69, 9.17) is 4.74 Å². The van der Waals surface area contributed by atoms with Crippen LogP contribution in [0.3, 0.4) is 0 Å². The number of carbonyl (C=O) groups excluding carboxylic acids is 2. The van der Waals surface area contributed by atoms with Crippen LogP contribution in [-0.2, 0) is 10.2 Å². The molecule has 0 N–H and O–H groups in total. The highest BCUT2D eigenvalue weighted by molar-refractivity contribution is 5.94. The van der Waals surface area contributed by atoms with Crippen molar-refractivity contribution in [1.29, 1.82) is 0 Å². The summed E-state index contributed by atoms with van der Waals surface area (Å²) in [5.41, 5.74) is 4.15. The first-order valence-electron chi connectivity index (χ1n) is 10.5. The van der Waals surface area contributed by atoms with E-state index < -0.39 is 0 Å². The first-order valence-corrected chi connectivity index (χ1v) is 10.5. The Balaban J connectivity index is 1.51. The molecule has 0 aromatic heterocycles. The van der Waals surface area contributed by atoms with Crippen LogP contribution in [0.1, 0.15) is 47.8 Å². The maximum absolute atomic E-state index is 12.8. The van der Waals surface area contributed by atoms with Crippen LogP contribution in [0.5, 0.6) is 5.75 Å². The van der Waals surface area contributed by atoms with Crippen LogP contribution in [0.25, 0.3) is 0 Å². The minimum atomic E-state index is -0.0448. The van der Waals surface area contributed by atoms with Crippen molar-refractivity contribution in [1.82, 2.24) is 9.80 Å². The molecule has 1 saturated heterocycles. The number of benzene rings is 2. The molecule has 0 spiro atoms. The molecule has 1 fully saturated rings. The molecule has 2 amide bonds. The molecule has 2 aromatic carbocycles. The van der Waals surface area contributed by atoms with Gasteiger partial charge in [0.25, 0.3) is 11.8 Å². The van der Waals surface area contributed by atoms with Crippen molar-refractivity contribution in [2.45, 2.75) is 40.0 Å². The molecule has 0 atom stereocenters. The van der Waals surface area contributed by atoms with Crippen molar-refractivity contribution in [3.8, 4) is 5.75 Å². The summed E-state index contributed by atoms with van der Waals surface area (Å²) in [5.74, 6) is 0.715. The zero-order chi connectivity index (χ0) is 21.9. The molecule has 30 heavy (non-hydrogen) atoms. The molecule has 2 aromatic rings. The van der Waals surface area contributed by atoms with E-state index in [-0.39, 0.29) is 23.8 Å². The quantitative estimate of drug-likeness (QED) is 0.769. The van der Waals surface area contributed by atoms with Gasteiger partial charge in [0, 0.05) is 31.7 Å². The Morgan fingerprint density at radius 3 is 2.07 bits per heavy atom. The lowest BCUT2D eigenvalue weighted by Crippen LogP contribution is -2.51. The topological polar surface area (TPSA) is 49.9 Å². The summed E-state index contributed by atoms with van der Waals surface area (Å²) in [5, 5.41) is 0. The second-order valence-electron chi connectivity index (χ2n) is 9.06. The monoisotopic (exact) mass is 408 g/mol. The zero-order valence-corrected chi connectivity index (χ0v) is 18.7. The molecule has 160 valence electrons. The molecule has 0 unspecified atom stereocenters. The Kier molecular flexibility index (Phi) is 6.49. The molecule has 1 aliphatic rings. The van der Waals surface area contributed by atoms with E-state index in [0.29, 0.717) is 31.7 Å². The van der Waals surface area contributed by atoms with Gasteiger partial charge in [-0.25, -0.2) is 0 Å². The Hall–Kier alpha value is -2.82. The van der Waals surface area contributed by atoms with E-state index in [9.17, 15) is 9.59 Å². The van der Waals surface area contributed by atoms with Crippen molar-refractivity contribution >= 4 is 11.8 Å². The van der Waals surface area contributed by atoms with Crippen molar-refractivity contribution < 1.29 is 14.3 Å². The molecule has 5 nitrogen and oxygen atoms in total. The van der Waals surface area contributed by atoms with Gasteiger partial charge in [-0.05, 0) is 48.6 Å². The van der Waals surface area contributed by atoms with E-state index in [1.807, 2.05) is 61.2 Å². The number of carbonyl (C=O) groups is 2. The average molecular weight is 409 g/mol. The highest BCUT2D eigenvalue weighted by atomic mass is 16.5. The van der Waals surface area contributed by atoms with Gasteiger partial charge < -0.3 is 14.5 Å². The predicted octanol–water partition coefficient (Wildman–Crippen LogP) is 3.96.